The lowest BCUT2D eigenvalue weighted by atomic mass is 10.2. The monoisotopic (exact) mass is 358 g/mol. The summed E-state index contributed by atoms with van der Waals surface area (Å²) in [5.74, 6) is 2.56. The van der Waals surface area contributed by atoms with Crippen LogP contribution in [0.1, 0.15) is 47.1 Å². The fourth-order valence-corrected chi connectivity index (χ4v) is 2.01. The van der Waals surface area contributed by atoms with E-state index in [-0.39, 0.29) is 11.5 Å². The third-order valence-electron chi connectivity index (χ3n) is 2.87. The quantitative estimate of drug-likeness (QED) is 0.783. The normalized spacial score (nSPS) is 11.7. The number of rotatable bonds is 1. The lowest BCUT2D eigenvalue weighted by Gasteiger charge is -2.19. The molecule has 0 aliphatic heterocycles. The van der Waals surface area contributed by atoms with Crippen molar-refractivity contribution in [2.75, 3.05) is 5.32 Å². The second-order valence-corrected chi connectivity index (χ2v) is 7.61. The average molecular weight is 358 g/mol. The summed E-state index contributed by atoms with van der Waals surface area (Å²) in [4.78, 5) is 28.7. The molecule has 26 heavy (non-hydrogen) atoms. The lowest BCUT2D eigenvalue weighted by Crippen LogP contribution is -2.28. The molecule has 0 saturated carbocycles. The summed E-state index contributed by atoms with van der Waals surface area (Å²) >= 11 is 0. The van der Waals surface area contributed by atoms with Gasteiger partial charge in [-0.25, -0.2) is 14.6 Å². The molecule has 2 rings (SSSR count). The number of pyridine rings is 1. The molecule has 1 N–H and O–H groups in total. The first-order chi connectivity index (χ1) is 11.9. The van der Waals surface area contributed by atoms with Gasteiger partial charge in [-0.2, -0.15) is 0 Å². The maximum Gasteiger partial charge on any atom is 0.437 e. The second kappa shape index (κ2) is 6.67. The van der Waals surface area contributed by atoms with Crippen LogP contribution in [0, 0.1) is 12.3 Å². The number of amides is 1. The van der Waals surface area contributed by atoms with Crippen LogP contribution in [0.2, 0.25) is 0 Å². The third-order valence-corrected chi connectivity index (χ3v) is 2.87. The summed E-state index contributed by atoms with van der Waals surface area (Å²) in [6.45, 7) is 10.4. The van der Waals surface area contributed by atoms with Gasteiger partial charge in [0.05, 0.1) is 5.39 Å². The molecule has 0 aliphatic carbocycles. The Morgan fingerprint density at radius 3 is 2.31 bits per heavy atom. The zero-order valence-electron chi connectivity index (χ0n) is 15.7. The number of terminal acetylenes is 1. The number of aromatic nitrogens is 3. The standard InChI is InChI=1S/C18H22N4O4/c1-8-11-9-12-13(20-15(23)25-17(2,3)4)21-22(14(12)19-10-11)16(24)26-18(5,6)7/h1,9-10H,2-7H3,(H,20,21,23). The molecule has 0 fully saturated rings. The minimum Gasteiger partial charge on any atom is -0.444 e. The van der Waals surface area contributed by atoms with Crippen molar-refractivity contribution in [3.05, 3.63) is 17.8 Å². The van der Waals surface area contributed by atoms with Crippen LogP contribution in [0.15, 0.2) is 12.3 Å². The number of nitrogens with zero attached hydrogens (tertiary/aromatic N) is 3. The first-order valence-corrected chi connectivity index (χ1v) is 7.98. The number of anilines is 1. The Hall–Kier alpha value is -3.08. The lowest BCUT2D eigenvalue weighted by molar-refractivity contribution is 0.0519. The van der Waals surface area contributed by atoms with E-state index in [1.165, 1.54) is 6.20 Å². The van der Waals surface area contributed by atoms with Crippen molar-refractivity contribution in [3.63, 3.8) is 0 Å². The van der Waals surface area contributed by atoms with Gasteiger partial charge in [-0.1, -0.05) is 5.92 Å². The van der Waals surface area contributed by atoms with Gasteiger partial charge in [-0.3, -0.25) is 5.32 Å². The van der Waals surface area contributed by atoms with Gasteiger partial charge in [0.2, 0.25) is 0 Å². The van der Waals surface area contributed by atoms with Crippen molar-refractivity contribution in [2.24, 2.45) is 0 Å². The summed E-state index contributed by atoms with van der Waals surface area (Å²) in [6, 6.07) is 1.60. The van der Waals surface area contributed by atoms with Crippen LogP contribution in [-0.4, -0.2) is 38.2 Å². The smallest absolute Gasteiger partial charge is 0.437 e. The van der Waals surface area contributed by atoms with Gasteiger partial charge in [0.15, 0.2) is 11.5 Å². The van der Waals surface area contributed by atoms with E-state index in [1.54, 1.807) is 47.6 Å². The van der Waals surface area contributed by atoms with E-state index in [0.717, 1.165) is 4.68 Å². The number of hydrogen-bond donors (Lipinski definition) is 1. The maximum absolute atomic E-state index is 12.4. The molecular weight excluding hydrogens is 336 g/mol. The predicted octanol–water partition coefficient (Wildman–Crippen LogP) is 3.54. The number of carbonyl (C=O) groups is 2. The van der Waals surface area contributed by atoms with Crippen LogP contribution in [0.5, 0.6) is 0 Å². The van der Waals surface area contributed by atoms with E-state index in [9.17, 15) is 9.59 Å². The van der Waals surface area contributed by atoms with Crippen molar-refractivity contribution in [1.29, 1.82) is 0 Å². The Balaban J connectivity index is 2.47. The topological polar surface area (TPSA) is 95.3 Å². The molecule has 0 saturated heterocycles. The number of ether oxygens (including phenoxy) is 2. The van der Waals surface area contributed by atoms with Crippen molar-refractivity contribution < 1.29 is 19.1 Å². The highest BCUT2D eigenvalue weighted by Gasteiger charge is 2.25. The van der Waals surface area contributed by atoms with E-state index in [2.05, 4.69) is 21.3 Å². The van der Waals surface area contributed by atoms with E-state index in [4.69, 9.17) is 15.9 Å². The number of nitrogens with one attached hydrogen (secondary N) is 1. The van der Waals surface area contributed by atoms with Crippen LogP contribution in [0.3, 0.4) is 0 Å². The van der Waals surface area contributed by atoms with Crippen LogP contribution in [-0.2, 0) is 9.47 Å². The van der Waals surface area contributed by atoms with Gasteiger partial charge in [-0.15, -0.1) is 16.2 Å². The average Bonchev–Trinajstić information content (AvgIpc) is 2.81. The Labute approximate surface area is 151 Å². The minimum atomic E-state index is -0.722. The largest absolute Gasteiger partial charge is 0.444 e. The van der Waals surface area contributed by atoms with Crippen molar-refractivity contribution in [1.82, 2.24) is 14.8 Å². The molecule has 0 spiro atoms. The van der Waals surface area contributed by atoms with Gasteiger partial charge in [0.25, 0.3) is 0 Å². The Morgan fingerprint density at radius 2 is 1.77 bits per heavy atom. The SMILES string of the molecule is C#Cc1cnc2c(c1)c(NC(=O)OC(C)(C)C)nn2C(=O)OC(C)(C)C. The third kappa shape index (κ3) is 4.72. The molecular formula is C18H22N4O4. The highest BCUT2D eigenvalue weighted by atomic mass is 16.6. The number of carbonyl (C=O) groups excluding carboxylic acids is 2. The van der Waals surface area contributed by atoms with E-state index < -0.39 is 23.4 Å². The molecule has 0 atom stereocenters. The Morgan fingerprint density at radius 1 is 1.15 bits per heavy atom. The second-order valence-electron chi connectivity index (χ2n) is 7.61. The van der Waals surface area contributed by atoms with Crippen molar-refractivity contribution in [3.8, 4) is 12.3 Å². The predicted molar refractivity (Wildman–Crippen MR) is 97.0 cm³/mol. The summed E-state index contributed by atoms with van der Waals surface area (Å²) in [5.41, 5.74) is -0.708. The molecule has 8 nitrogen and oxygen atoms in total. The van der Waals surface area contributed by atoms with Gasteiger partial charge in [-0.05, 0) is 47.6 Å². The molecule has 2 heterocycles. The summed E-state index contributed by atoms with van der Waals surface area (Å²) in [7, 11) is 0. The van der Waals surface area contributed by atoms with Gasteiger partial charge in [0, 0.05) is 11.8 Å². The number of fused-ring (bicyclic) bond motifs is 1. The molecule has 2 aromatic heterocycles. The van der Waals surface area contributed by atoms with Crippen molar-refractivity contribution in [2.45, 2.75) is 52.7 Å². The zero-order chi connectivity index (χ0) is 19.7. The highest BCUT2D eigenvalue weighted by molar-refractivity contribution is 5.99. The van der Waals surface area contributed by atoms with Gasteiger partial charge >= 0.3 is 12.2 Å². The molecule has 138 valence electrons. The molecule has 2 aromatic rings. The fraction of sp³-hybridized carbons (Fsp3) is 0.444. The maximum atomic E-state index is 12.4. The van der Waals surface area contributed by atoms with Crippen LogP contribution < -0.4 is 5.32 Å². The molecule has 0 bridgehead atoms. The summed E-state index contributed by atoms with van der Waals surface area (Å²) in [6.07, 6.45) is 5.41. The molecule has 0 aromatic carbocycles. The number of hydrogen-bond acceptors (Lipinski definition) is 6. The van der Waals surface area contributed by atoms with E-state index in [0.29, 0.717) is 10.9 Å². The Bertz CT molecular complexity index is 895. The molecule has 8 heteroatoms. The van der Waals surface area contributed by atoms with Crippen LogP contribution >= 0.6 is 0 Å². The molecule has 0 unspecified atom stereocenters. The summed E-state index contributed by atoms with van der Waals surface area (Å²) in [5, 5.41) is 7.04. The molecule has 0 radical (unpaired) electrons. The Kier molecular flexibility index (Phi) is 4.94. The first kappa shape index (κ1) is 19.2. The van der Waals surface area contributed by atoms with Crippen molar-refractivity contribution >= 4 is 29.0 Å². The highest BCUT2D eigenvalue weighted by Crippen LogP contribution is 2.24. The fourth-order valence-electron chi connectivity index (χ4n) is 2.01. The minimum absolute atomic E-state index is 0.102. The van der Waals surface area contributed by atoms with E-state index in [1.807, 2.05) is 0 Å². The first-order valence-electron chi connectivity index (χ1n) is 7.98. The van der Waals surface area contributed by atoms with Gasteiger partial charge in [0.1, 0.15) is 11.2 Å². The summed E-state index contributed by atoms with van der Waals surface area (Å²) < 4.78 is 11.5. The van der Waals surface area contributed by atoms with Crippen LogP contribution in [0.25, 0.3) is 11.0 Å². The van der Waals surface area contributed by atoms with Crippen LogP contribution in [0.4, 0.5) is 15.4 Å². The van der Waals surface area contributed by atoms with E-state index >= 15 is 0 Å². The zero-order valence-corrected chi connectivity index (χ0v) is 15.7. The molecule has 1 amide bonds. The molecule has 0 aliphatic rings. The van der Waals surface area contributed by atoms with Gasteiger partial charge < -0.3 is 9.47 Å².